The molecule has 0 saturated carbocycles. The lowest BCUT2D eigenvalue weighted by molar-refractivity contribution is -0.123. The van der Waals surface area contributed by atoms with Crippen molar-refractivity contribution in [2.24, 2.45) is 7.05 Å². The molecule has 1 aromatic carbocycles. The zero-order valence-electron chi connectivity index (χ0n) is 19.0. The van der Waals surface area contributed by atoms with Crippen LogP contribution in [0.1, 0.15) is 63.1 Å². The number of aryl methyl sites for hydroxylation is 1. The lowest BCUT2D eigenvalue weighted by Crippen LogP contribution is -2.44. The number of hydrogen-bond acceptors (Lipinski definition) is 4. The van der Waals surface area contributed by atoms with Gasteiger partial charge in [0.05, 0.1) is 16.7 Å². The van der Waals surface area contributed by atoms with Gasteiger partial charge in [-0.25, -0.2) is 0 Å². The fraction of sp³-hybridized carbons (Fsp3) is 0.522. The molecule has 0 radical (unpaired) electrons. The predicted molar refractivity (Wildman–Crippen MR) is 128 cm³/mol. The third-order valence-electron chi connectivity index (χ3n) is 5.46. The van der Waals surface area contributed by atoms with E-state index in [1.54, 1.807) is 9.58 Å². The van der Waals surface area contributed by atoms with Crippen molar-refractivity contribution in [3.63, 3.8) is 0 Å². The molecule has 0 bridgehead atoms. The Kier molecular flexibility index (Phi) is 7.06. The van der Waals surface area contributed by atoms with Crippen LogP contribution in [-0.4, -0.2) is 39.9 Å². The van der Waals surface area contributed by atoms with Gasteiger partial charge in [0.1, 0.15) is 12.4 Å². The second-order valence-corrected chi connectivity index (χ2v) is 10.5. The van der Waals surface area contributed by atoms with Crippen LogP contribution < -0.4 is 10.2 Å². The number of anilines is 1. The average molecular weight is 463 g/mol. The summed E-state index contributed by atoms with van der Waals surface area (Å²) in [5, 5.41) is 8.28. The van der Waals surface area contributed by atoms with Gasteiger partial charge in [0.25, 0.3) is 0 Å². The highest BCUT2D eigenvalue weighted by atomic mass is 35.5. The molecule has 2 amide bonds. The molecule has 1 aromatic heterocycles. The van der Waals surface area contributed by atoms with Crippen LogP contribution in [0, 0.1) is 0 Å². The molecule has 3 rings (SSSR count). The van der Waals surface area contributed by atoms with Crippen LogP contribution in [0.5, 0.6) is 0 Å². The first kappa shape index (κ1) is 23.7. The van der Waals surface area contributed by atoms with Crippen LogP contribution >= 0.6 is 23.4 Å². The molecule has 0 fully saturated rings. The highest BCUT2D eigenvalue weighted by molar-refractivity contribution is 8.00. The highest BCUT2D eigenvalue weighted by Gasteiger charge is 2.39. The summed E-state index contributed by atoms with van der Waals surface area (Å²) in [5.41, 5.74) is 2.57. The zero-order chi connectivity index (χ0) is 22.9. The number of nitrogens with one attached hydrogen (secondary N) is 1. The molecule has 8 heteroatoms. The third-order valence-corrected chi connectivity index (χ3v) is 7.05. The van der Waals surface area contributed by atoms with Crippen molar-refractivity contribution in [1.29, 1.82) is 0 Å². The van der Waals surface area contributed by atoms with E-state index in [-0.39, 0.29) is 40.8 Å². The van der Waals surface area contributed by atoms with Crippen LogP contribution in [0.4, 0.5) is 5.82 Å². The standard InChI is InChI=1S/C23H31ClN4O2S/c1-7-14(2)25-17(29)12-28-18(30)13-31-20(15-10-8-9-11-16(15)24)19-21(23(3,4)5)26-27(6)22(19)28/h8-11,14,20H,7,12-13H2,1-6H3,(H,25,29)/t14-,20+/m0/s1. The van der Waals surface area contributed by atoms with Crippen molar-refractivity contribution in [3.05, 3.63) is 46.1 Å². The number of rotatable bonds is 5. The molecule has 6 nitrogen and oxygen atoms in total. The van der Waals surface area contributed by atoms with E-state index in [1.807, 2.05) is 45.2 Å². The summed E-state index contributed by atoms with van der Waals surface area (Å²) in [6.07, 6.45) is 0.829. The van der Waals surface area contributed by atoms with Crippen LogP contribution in [0.2, 0.25) is 5.02 Å². The number of carbonyl (C=O) groups is 2. The predicted octanol–water partition coefficient (Wildman–Crippen LogP) is 4.45. The quantitative estimate of drug-likeness (QED) is 0.712. The van der Waals surface area contributed by atoms with E-state index in [0.29, 0.717) is 10.8 Å². The van der Waals surface area contributed by atoms with Gasteiger partial charge in [-0.15, -0.1) is 11.8 Å². The minimum Gasteiger partial charge on any atom is -0.352 e. The maximum absolute atomic E-state index is 13.2. The van der Waals surface area contributed by atoms with Crippen LogP contribution in [-0.2, 0) is 22.1 Å². The number of hydrogen-bond donors (Lipinski definition) is 1. The molecule has 2 heterocycles. The zero-order valence-corrected chi connectivity index (χ0v) is 20.6. The van der Waals surface area contributed by atoms with Gasteiger partial charge in [-0.05, 0) is 25.0 Å². The van der Waals surface area contributed by atoms with E-state index < -0.39 is 0 Å². The van der Waals surface area contributed by atoms with Gasteiger partial charge < -0.3 is 5.32 Å². The minimum atomic E-state index is -0.247. The fourth-order valence-electron chi connectivity index (χ4n) is 3.74. The molecule has 168 valence electrons. The highest BCUT2D eigenvalue weighted by Crippen LogP contribution is 2.48. The number of nitrogens with zero attached hydrogens (tertiary/aromatic N) is 3. The Morgan fingerprint density at radius 3 is 2.65 bits per heavy atom. The van der Waals surface area contributed by atoms with Crippen LogP contribution in [0.3, 0.4) is 0 Å². The topological polar surface area (TPSA) is 67.2 Å². The first-order valence-electron chi connectivity index (χ1n) is 10.6. The normalized spacial score (nSPS) is 17.8. The fourth-order valence-corrected chi connectivity index (χ4v) is 5.29. The average Bonchev–Trinajstić information content (AvgIpc) is 2.97. The van der Waals surface area contributed by atoms with Crippen molar-refractivity contribution < 1.29 is 9.59 Å². The maximum Gasteiger partial charge on any atom is 0.240 e. The van der Waals surface area contributed by atoms with Crippen molar-refractivity contribution in [1.82, 2.24) is 15.1 Å². The number of aromatic nitrogens is 2. The molecule has 2 aromatic rings. The first-order chi connectivity index (χ1) is 14.5. The summed E-state index contributed by atoms with van der Waals surface area (Å²) in [4.78, 5) is 27.5. The Balaban J connectivity index is 2.16. The summed E-state index contributed by atoms with van der Waals surface area (Å²) < 4.78 is 1.74. The Bertz CT molecular complexity index is 982. The molecule has 31 heavy (non-hydrogen) atoms. The summed E-state index contributed by atoms with van der Waals surface area (Å²) in [6, 6.07) is 7.78. The van der Waals surface area contributed by atoms with E-state index in [9.17, 15) is 9.59 Å². The van der Waals surface area contributed by atoms with Crippen molar-refractivity contribution in [3.8, 4) is 0 Å². The summed E-state index contributed by atoms with van der Waals surface area (Å²) in [7, 11) is 1.83. The van der Waals surface area contributed by atoms with E-state index in [0.717, 1.165) is 23.2 Å². The number of benzene rings is 1. The van der Waals surface area contributed by atoms with Gasteiger partial charge in [0, 0.05) is 29.1 Å². The summed E-state index contributed by atoms with van der Waals surface area (Å²) in [6.45, 7) is 10.3. The van der Waals surface area contributed by atoms with Crippen molar-refractivity contribution in [2.45, 2.75) is 57.7 Å². The number of halogens is 1. The van der Waals surface area contributed by atoms with Gasteiger partial charge in [-0.1, -0.05) is 57.5 Å². The molecule has 1 N–H and O–H groups in total. The molecule has 0 saturated heterocycles. The lowest BCUT2D eigenvalue weighted by atomic mass is 9.87. The van der Waals surface area contributed by atoms with Gasteiger partial charge in [0.15, 0.2) is 0 Å². The van der Waals surface area contributed by atoms with E-state index in [1.165, 1.54) is 11.8 Å². The van der Waals surface area contributed by atoms with E-state index >= 15 is 0 Å². The molecular formula is C23H31ClN4O2S. The largest absolute Gasteiger partial charge is 0.352 e. The number of carbonyl (C=O) groups excluding carboxylic acids is 2. The third kappa shape index (κ3) is 4.93. The Morgan fingerprint density at radius 1 is 1.35 bits per heavy atom. The van der Waals surface area contributed by atoms with Crippen LogP contribution in [0.25, 0.3) is 0 Å². The molecule has 0 aliphatic carbocycles. The Morgan fingerprint density at radius 2 is 2.03 bits per heavy atom. The molecule has 0 unspecified atom stereocenters. The van der Waals surface area contributed by atoms with Gasteiger partial charge in [0.2, 0.25) is 11.8 Å². The lowest BCUT2D eigenvalue weighted by Gasteiger charge is -2.25. The minimum absolute atomic E-state index is 0.0326. The summed E-state index contributed by atoms with van der Waals surface area (Å²) in [5.74, 6) is 0.645. The summed E-state index contributed by atoms with van der Waals surface area (Å²) >= 11 is 8.11. The maximum atomic E-state index is 13.2. The van der Waals surface area contributed by atoms with Crippen LogP contribution in [0.15, 0.2) is 24.3 Å². The van der Waals surface area contributed by atoms with Gasteiger partial charge >= 0.3 is 0 Å². The molecule has 2 atom stereocenters. The smallest absolute Gasteiger partial charge is 0.240 e. The first-order valence-corrected chi connectivity index (χ1v) is 12.0. The number of thioether (sulfide) groups is 1. The van der Waals surface area contributed by atoms with E-state index in [2.05, 4.69) is 26.1 Å². The van der Waals surface area contributed by atoms with Crippen molar-refractivity contribution in [2.75, 3.05) is 17.2 Å². The second kappa shape index (κ2) is 9.25. The number of amides is 2. The molecule has 1 aliphatic heterocycles. The molecular weight excluding hydrogens is 432 g/mol. The van der Waals surface area contributed by atoms with Gasteiger partial charge in [-0.3, -0.25) is 19.2 Å². The van der Waals surface area contributed by atoms with Crippen molar-refractivity contribution >= 4 is 41.0 Å². The second-order valence-electron chi connectivity index (χ2n) is 9.03. The SMILES string of the molecule is CC[C@H](C)NC(=O)CN1C(=O)CS[C@H](c2ccccc2Cl)c2c(C(C)(C)C)nn(C)c21. The molecule has 0 spiro atoms. The Labute approximate surface area is 193 Å². The van der Waals surface area contributed by atoms with Gasteiger partial charge in [-0.2, -0.15) is 5.10 Å². The monoisotopic (exact) mass is 462 g/mol. The molecule has 1 aliphatic rings. The van der Waals surface area contributed by atoms with E-state index in [4.69, 9.17) is 16.7 Å². The number of fused-ring (bicyclic) bond motifs is 1. The Hall–Kier alpha value is -1.99.